The molecule has 1 aromatic carbocycles. The van der Waals surface area contributed by atoms with Gasteiger partial charge in [0.1, 0.15) is 0 Å². The second kappa shape index (κ2) is 7.17. The number of carbonyl (C=O) groups excluding carboxylic acids is 2. The first kappa shape index (κ1) is 18.3. The number of anilines is 1. The maximum absolute atomic E-state index is 12.9. The summed E-state index contributed by atoms with van der Waals surface area (Å²) in [7, 11) is 0. The van der Waals surface area contributed by atoms with Gasteiger partial charge in [-0.05, 0) is 75.1 Å². The lowest BCUT2D eigenvalue weighted by Gasteiger charge is -2.48. The Morgan fingerprint density at radius 3 is 2.59 bits per heavy atom. The van der Waals surface area contributed by atoms with Gasteiger partial charge in [0.25, 0.3) is 0 Å². The third-order valence-corrected chi connectivity index (χ3v) is 6.35. The molecule has 2 saturated heterocycles. The Kier molecular flexibility index (Phi) is 4.87. The zero-order valence-corrected chi connectivity index (χ0v) is 16.6. The van der Waals surface area contributed by atoms with Gasteiger partial charge in [-0.1, -0.05) is 6.07 Å². The number of nitrogens with zero attached hydrogens (tertiary/aromatic N) is 2. The molecule has 5 nitrogen and oxygen atoms in total. The molecule has 3 aliphatic rings. The first-order chi connectivity index (χ1) is 12.9. The largest absolute Gasteiger partial charge is 0.342 e. The number of hydrogen-bond donors (Lipinski definition) is 1. The Morgan fingerprint density at radius 2 is 1.89 bits per heavy atom. The van der Waals surface area contributed by atoms with Crippen LogP contribution in [0.2, 0.25) is 0 Å². The quantitative estimate of drug-likeness (QED) is 0.877. The van der Waals surface area contributed by atoms with Crippen LogP contribution in [0.5, 0.6) is 0 Å². The summed E-state index contributed by atoms with van der Waals surface area (Å²) in [6, 6.07) is 6.13. The molecule has 2 aliphatic heterocycles. The molecular weight excluding hydrogens is 338 g/mol. The predicted octanol–water partition coefficient (Wildman–Crippen LogP) is 3.95. The highest BCUT2D eigenvalue weighted by Gasteiger charge is 2.43. The van der Waals surface area contributed by atoms with Crippen molar-refractivity contribution in [1.29, 1.82) is 0 Å². The second-order valence-corrected chi connectivity index (χ2v) is 9.05. The fourth-order valence-corrected chi connectivity index (χ4v) is 4.84. The molecule has 2 heterocycles. The number of piperidine rings is 2. The Balaban J connectivity index is 1.42. The normalized spacial score (nSPS) is 25.8. The Hall–Kier alpha value is -2.04. The minimum absolute atomic E-state index is 0.00952. The number of amides is 3. The summed E-state index contributed by atoms with van der Waals surface area (Å²) in [5.74, 6) is 1.03. The Labute approximate surface area is 162 Å². The molecule has 5 heteroatoms. The summed E-state index contributed by atoms with van der Waals surface area (Å²) < 4.78 is 0. The molecule has 4 rings (SSSR count). The number of nitrogens with one attached hydrogen (secondary N) is 1. The van der Waals surface area contributed by atoms with E-state index in [2.05, 4.69) is 16.3 Å². The summed E-state index contributed by atoms with van der Waals surface area (Å²) in [4.78, 5) is 29.3. The molecule has 1 saturated carbocycles. The summed E-state index contributed by atoms with van der Waals surface area (Å²) in [5.41, 5.74) is 3.26. The highest BCUT2D eigenvalue weighted by molar-refractivity contribution is 5.89. The van der Waals surface area contributed by atoms with Crippen molar-refractivity contribution in [2.75, 3.05) is 31.5 Å². The molecule has 0 radical (unpaired) electrons. The predicted molar refractivity (Wildman–Crippen MR) is 107 cm³/mol. The molecule has 3 amide bonds. The standard InChI is InChI=1S/C22H31N3O2/c1-16-10-17(2)12-19(11-16)23-21(27)24-9-3-7-22(14-24)8-6-20(26)25(15-22)13-18-4-5-18/h10-12,18H,3-9,13-15H2,1-2H3,(H,23,27). The number of rotatable bonds is 3. The molecule has 1 unspecified atom stereocenters. The number of urea groups is 1. The summed E-state index contributed by atoms with van der Waals surface area (Å²) in [5, 5.41) is 3.08. The van der Waals surface area contributed by atoms with Crippen LogP contribution in [-0.2, 0) is 4.79 Å². The van der Waals surface area contributed by atoms with Gasteiger partial charge in [0.05, 0.1) is 0 Å². The van der Waals surface area contributed by atoms with E-state index in [1.807, 2.05) is 30.9 Å². The molecule has 1 aromatic rings. The van der Waals surface area contributed by atoms with Gasteiger partial charge in [-0.25, -0.2) is 4.79 Å². The number of carbonyl (C=O) groups is 2. The molecule has 0 aromatic heterocycles. The summed E-state index contributed by atoms with van der Waals surface area (Å²) in [6.45, 7) is 7.41. The van der Waals surface area contributed by atoms with Crippen molar-refractivity contribution in [2.24, 2.45) is 11.3 Å². The minimum atomic E-state index is -0.00952. The van der Waals surface area contributed by atoms with Crippen molar-refractivity contribution in [3.05, 3.63) is 29.3 Å². The van der Waals surface area contributed by atoms with Gasteiger partial charge < -0.3 is 15.1 Å². The highest BCUT2D eigenvalue weighted by Crippen LogP contribution is 2.40. The average Bonchev–Trinajstić information content (AvgIpc) is 3.42. The smallest absolute Gasteiger partial charge is 0.321 e. The third-order valence-electron chi connectivity index (χ3n) is 6.35. The zero-order valence-electron chi connectivity index (χ0n) is 16.6. The number of likely N-dealkylation sites (tertiary alicyclic amines) is 2. The van der Waals surface area contributed by atoms with Crippen molar-refractivity contribution < 1.29 is 9.59 Å². The molecule has 1 N–H and O–H groups in total. The van der Waals surface area contributed by atoms with Crippen molar-refractivity contribution >= 4 is 17.6 Å². The molecular formula is C22H31N3O2. The first-order valence-electron chi connectivity index (χ1n) is 10.3. The number of hydrogen-bond acceptors (Lipinski definition) is 2. The van der Waals surface area contributed by atoms with Gasteiger partial charge in [0, 0.05) is 43.7 Å². The average molecular weight is 370 g/mol. The number of benzene rings is 1. The molecule has 0 bridgehead atoms. The number of aryl methyl sites for hydroxylation is 2. The van der Waals surface area contributed by atoms with Crippen LogP contribution in [-0.4, -0.2) is 47.9 Å². The fourth-order valence-electron chi connectivity index (χ4n) is 4.84. The van der Waals surface area contributed by atoms with E-state index in [0.29, 0.717) is 12.3 Å². The van der Waals surface area contributed by atoms with Gasteiger partial charge in [0.15, 0.2) is 0 Å². The molecule has 1 spiro atoms. The maximum Gasteiger partial charge on any atom is 0.321 e. The summed E-state index contributed by atoms with van der Waals surface area (Å²) in [6.07, 6.45) is 6.22. The third kappa shape index (κ3) is 4.28. The molecule has 1 aliphatic carbocycles. The van der Waals surface area contributed by atoms with E-state index in [1.54, 1.807) is 0 Å². The topological polar surface area (TPSA) is 52.7 Å². The summed E-state index contributed by atoms with van der Waals surface area (Å²) >= 11 is 0. The van der Waals surface area contributed by atoms with Gasteiger partial charge in [0.2, 0.25) is 5.91 Å². The lowest BCUT2D eigenvalue weighted by Crippen LogP contribution is -2.56. The first-order valence-corrected chi connectivity index (χ1v) is 10.3. The van der Waals surface area contributed by atoms with Crippen LogP contribution in [0.15, 0.2) is 18.2 Å². The van der Waals surface area contributed by atoms with E-state index in [9.17, 15) is 9.59 Å². The van der Waals surface area contributed by atoms with Crippen molar-refractivity contribution in [2.45, 2.75) is 52.4 Å². The zero-order chi connectivity index (χ0) is 19.0. The van der Waals surface area contributed by atoms with Crippen LogP contribution < -0.4 is 5.32 Å². The second-order valence-electron chi connectivity index (χ2n) is 9.05. The lowest BCUT2D eigenvalue weighted by molar-refractivity contribution is -0.139. The molecule has 3 fully saturated rings. The van der Waals surface area contributed by atoms with E-state index in [4.69, 9.17) is 0 Å². The monoisotopic (exact) mass is 369 g/mol. The van der Waals surface area contributed by atoms with Crippen molar-refractivity contribution in [3.8, 4) is 0 Å². The Morgan fingerprint density at radius 1 is 1.15 bits per heavy atom. The maximum atomic E-state index is 12.9. The SMILES string of the molecule is Cc1cc(C)cc(NC(=O)N2CCCC3(CCC(=O)N(CC4CC4)C3)C2)c1. The van der Waals surface area contributed by atoms with Gasteiger partial charge >= 0.3 is 6.03 Å². The van der Waals surface area contributed by atoms with E-state index >= 15 is 0 Å². The van der Waals surface area contributed by atoms with Gasteiger partial charge in [-0.2, -0.15) is 0 Å². The molecule has 1 atom stereocenters. The van der Waals surface area contributed by atoms with E-state index in [1.165, 1.54) is 12.8 Å². The van der Waals surface area contributed by atoms with Crippen LogP contribution in [0.4, 0.5) is 10.5 Å². The van der Waals surface area contributed by atoms with Gasteiger partial charge in [-0.3, -0.25) is 4.79 Å². The van der Waals surface area contributed by atoms with Crippen LogP contribution in [0.3, 0.4) is 0 Å². The molecule has 27 heavy (non-hydrogen) atoms. The van der Waals surface area contributed by atoms with Crippen LogP contribution in [0.1, 0.15) is 49.7 Å². The highest BCUT2D eigenvalue weighted by atomic mass is 16.2. The lowest BCUT2D eigenvalue weighted by atomic mass is 9.73. The van der Waals surface area contributed by atoms with E-state index < -0.39 is 0 Å². The minimum Gasteiger partial charge on any atom is -0.342 e. The Bertz CT molecular complexity index is 723. The van der Waals surface area contributed by atoms with Crippen LogP contribution in [0.25, 0.3) is 0 Å². The van der Waals surface area contributed by atoms with Crippen LogP contribution in [0, 0.1) is 25.2 Å². The van der Waals surface area contributed by atoms with Crippen molar-refractivity contribution in [3.63, 3.8) is 0 Å². The van der Waals surface area contributed by atoms with Crippen molar-refractivity contribution in [1.82, 2.24) is 9.80 Å². The van der Waals surface area contributed by atoms with E-state index in [-0.39, 0.29) is 11.4 Å². The van der Waals surface area contributed by atoms with Crippen LogP contribution >= 0.6 is 0 Å². The fraction of sp³-hybridized carbons (Fsp3) is 0.636. The van der Waals surface area contributed by atoms with E-state index in [0.717, 1.165) is 68.2 Å². The van der Waals surface area contributed by atoms with Gasteiger partial charge in [-0.15, -0.1) is 0 Å². The molecule has 146 valence electrons.